The molecule has 0 spiro atoms. The van der Waals surface area contributed by atoms with E-state index in [2.05, 4.69) is 15.2 Å². The molecule has 31 heavy (non-hydrogen) atoms. The molecule has 1 aromatic carbocycles. The molecule has 5 nitrogen and oxygen atoms in total. The van der Waals surface area contributed by atoms with Crippen molar-refractivity contribution in [1.82, 2.24) is 15.2 Å². The number of ether oxygens (including phenoxy) is 1. The third kappa shape index (κ3) is 5.32. The minimum atomic E-state index is -4.38. The Morgan fingerprint density at radius 3 is 2.58 bits per heavy atom. The van der Waals surface area contributed by atoms with Crippen molar-refractivity contribution in [3.8, 4) is 9.88 Å². The van der Waals surface area contributed by atoms with Gasteiger partial charge in [-0.15, -0.1) is 22.7 Å². The summed E-state index contributed by atoms with van der Waals surface area (Å²) in [5.41, 5.74) is 0.0329. The molecule has 0 saturated carbocycles. The van der Waals surface area contributed by atoms with Crippen molar-refractivity contribution in [3.63, 3.8) is 0 Å². The van der Waals surface area contributed by atoms with Crippen LogP contribution in [0.3, 0.4) is 0 Å². The van der Waals surface area contributed by atoms with E-state index in [4.69, 9.17) is 4.74 Å². The van der Waals surface area contributed by atoms with E-state index in [0.717, 1.165) is 27.6 Å². The minimum absolute atomic E-state index is 0.245. The quantitative estimate of drug-likeness (QED) is 0.571. The van der Waals surface area contributed by atoms with Crippen LogP contribution in [0.5, 0.6) is 0 Å². The van der Waals surface area contributed by atoms with Gasteiger partial charge in [-0.05, 0) is 29.1 Å². The fraction of sp³-hybridized carbons (Fsp3) is 0.333. The number of morpholine rings is 1. The predicted octanol–water partition coefficient (Wildman–Crippen LogP) is 4.69. The number of hydrogen-bond donors (Lipinski definition) is 1. The summed E-state index contributed by atoms with van der Waals surface area (Å²) in [6.45, 7) is 2.65. The maximum Gasteiger partial charge on any atom is 0.416 e. The molecule has 4 rings (SSSR count). The zero-order valence-electron chi connectivity index (χ0n) is 16.4. The molecule has 3 aromatic rings. The highest BCUT2D eigenvalue weighted by molar-refractivity contribution is 7.21. The summed E-state index contributed by atoms with van der Waals surface area (Å²) < 4.78 is 44.2. The Balaban J connectivity index is 1.48. The lowest BCUT2D eigenvalue weighted by atomic mass is 10.0. The van der Waals surface area contributed by atoms with Crippen LogP contribution in [0.25, 0.3) is 9.88 Å². The second-order valence-corrected chi connectivity index (χ2v) is 8.98. The number of nitrogens with one attached hydrogen (secondary N) is 1. The number of thiazole rings is 1. The van der Waals surface area contributed by atoms with Crippen LogP contribution in [-0.4, -0.2) is 48.6 Å². The molecular formula is C21H20F3N3O2S2. The smallest absolute Gasteiger partial charge is 0.379 e. The number of aromatic nitrogens is 1. The van der Waals surface area contributed by atoms with Gasteiger partial charge >= 0.3 is 6.18 Å². The number of carbonyl (C=O) groups excluding carboxylic acids is 1. The predicted molar refractivity (Wildman–Crippen MR) is 114 cm³/mol. The fourth-order valence-corrected chi connectivity index (χ4v) is 5.05. The summed E-state index contributed by atoms with van der Waals surface area (Å²) in [6, 6.07) is 8.76. The van der Waals surface area contributed by atoms with Crippen molar-refractivity contribution in [1.29, 1.82) is 0 Å². The molecule has 1 atom stereocenters. The highest BCUT2D eigenvalue weighted by Gasteiger charge is 2.31. The minimum Gasteiger partial charge on any atom is -0.379 e. The first-order chi connectivity index (χ1) is 14.9. The van der Waals surface area contributed by atoms with E-state index in [9.17, 15) is 18.0 Å². The van der Waals surface area contributed by atoms with Gasteiger partial charge in [0.15, 0.2) is 0 Å². The van der Waals surface area contributed by atoms with Crippen LogP contribution in [0, 0.1) is 0 Å². The first-order valence-electron chi connectivity index (χ1n) is 9.68. The SMILES string of the molecule is O=C(NCC(c1ccc(C(F)(F)F)cc1)N1CCOCC1)c1cnc(-c2cccs2)s1. The molecule has 0 radical (unpaired) electrons. The Bertz CT molecular complexity index is 998. The molecule has 1 amide bonds. The van der Waals surface area contributed by atoms with Gasteiger partial charge < -0.3 is 10.1 Å². The Labute approximate surface area is 185 Å². The Morgan fingerprint density at radius 2 is 1.94 bits per heavy atom. The molecular weight excluding hydrogens is 447 g/mol. The molecule has 1 N–H and O–H groups in total. The molecule has 0 bridgehead atoms. The van der Waals surface area contributed by atoms with Crippen molar-refractivity contribution in [2.45, 2.75) is 12.2 Å². The van der Waals surface area contributed by atoms with Crippen LogP contribution in [0.1, 0.15) is 26.8 Å². The Hall–Kier alpha value is -2.27. The lowest BCUT2D eigenvalue weighted by Crippen LogP contribution is -2.43. The van der Waals surface area contributed by atoms with E-state index in [1.165, 1.54) is 23.5 Å². The Kier molecular flexibility index (Phi) is 6.71. The normalized spacial score (nSPS) is 16.2. The number of thiophene rings is 1. The van der Waals surface area contributed by atoms with Crippen molar-refractivity contribution >= 4 is 28.6 Å². The van der Waals surface area contributed by atoms with Gasteiger partial charge in [-0.3, -0.25) is 9.69 Å². The number of rotatable bonds is 6. The van der Waals surface area contributed by atoms with Gasteiger partial charge in [0.1, 0.15) is 9.88 Å². The topological polar surface area (TPSA) is 54.5 Å². The average molecular weight is 468 g/mol. The van der Waals surface area contributed by atoms with Crippen molar-refractivity contribution in [2.24, 2.45) is 0 Å². The first-order valence-corrected chi connectivity index (χ1v) is 11.4. The number of hydrogen-bond acceptors (Lipinski definition) is 6. The molecule has 1 fully saturated rings. The van der Waals surface area contributed by atoms with E-state index >= 15 is 0 Å². The molecule has 10 heteroatoms. The number of nitrogens with zero attached hydrogens (tertiary/aromatic N) is 2. The second kappa shape index (κ2) is 9.47. The summed E-state index contributed by atoms with van der Waals surface area (Å²) in [7, 11) is 0. The molecule has 164 valence electrons. The monoisotopic (exact) mass is 467 g/mol. The number of carbonyl (C=O) groups is 1. The summed E-state index contributed by atoms with van der Waals surface area (Å²) in [4.78, 5) is 20.6. The average Bonchev–Trinajstić information content (AvgIpc) is 3.46. The lowest BCUT2D eigenvalue weighted by Gasteiger charge is -2.35. The van der Waals surface area contributed by atoms with Crippen LogP contribution in [0.2, 0.25) is 0 Å². The second-order valence-electron chi connectivity index (χ2n) is 7.00. The van der Waals surface area contributed by atoms with Crippen molar-refractivity contribution in [2.75, 3.05) is 32.8 Å². The fourth-order valence-electron chi connectivity index (χ4n) is 3.41. The third-order valence-electron chi connectivity index (χ3n) is 5.03. The van der Waals surface area contributed by atoms with Gasteiger partial charge in [-0.1, -0.05) is 18.2 Å². The highest BCUT2D eigenvalue weighted by Crippen LogP contribution is 2.31. The van der Waals surface area contributed by atoms with Crippen LogP contribution < -0.4 is 5.32 Å². The summed E-state index contributed by atoms with van der Waals surface area (Å²) >= 11 is 2.87. The van der Waals surface area contributed by atoms with Gasteiger partial charge in [0.2, 0.25) is 0 Å². The number of benzene rings is 1. The van der Waals surface area contributed by atoms with Crippen molar-refractivity contribution in [3.05, 3.63) is 64.0 Å². The number of halogens is 3. The molecule has 1 aliphatic rings. The lowest BCUT2D eigenvalue weighted by molar-refractivity contribution is -0.137. The maximum atomic E-state index is 12.9. The zero-order valence-corrected chi connectivity index (χ0v) is 18.0. The van der Waals surface area contributed by atoms with E-state index in [-0.39, 0.29) is 18.5 Å². The summed E-state index contributed by atoms with van der Waals surface area (Å²) in [5, 5.41) is 5.67. The standard InChI is InChI=1S/C21H20F3N3O2S2/c22-21(23,24)15-5-3-14(4-6-15)16(27-7-9-29-10-8-27)12-25-19(28)18-13-26-20(31-18)17-2-1-11-30-17/h1-6,11,13,16H,7-10,12H2,(H,25,28). The van der Waals surface area contributed by atoms with Crippen LogP contribution >= 0.6 is 22.7 Å². The van der Waals surface area contributed by atoms with Gasteiger partial charge in [-0.25, -0.2) is 4.98 Å². The molecule has 1 aliphatic heterocycles. The molecule has 1 unspecified atom stereocenters. The third-order valence-corrected chi connectivity index (χ3v) is 7.06. The molecule has 2 aromatic heterocycles. The Morgan fingerprint density at radius 1 is 1.19 bits per heavy atom. The zero-order chi connectivity index (χ0) is 21.8. The van der Waals surface area contributed by atoms with E-state index < -0.39 is 11.7 Å². The van der Waals surface area contributed by atoms with Crippen LogP contribution in [-0.2, 0) is 10.9 Å². The van der Waals surface area contributed by atoms with Gasteiger partial charge in [0, 0.05) is 19.6 Å². The van der Waals surface area contributed by atoms with Gasteiger partial charge in [0.05, 0.1) is 35.9 Å². The summed E-state index contributed by atoms with van der Waals surface area (Å²) in [6.07, 6.45) is -2.83. The van der Waals surface area contributed by atoms with E-state index in [0.29, 0.717) is 31.2 Å². The highest BCUT2D eigenvalue weighted by atomic mass is 32.1. The molecule has 3 heterocycles. The van der Waals surface area contributed by atoms with Gasteiger partial charge in [-0.2, -0.15) is 13.2 Å². The van der Waals surface area contributed by atoms with Crippen molar-refractivity contribution < 1.29 is 22.7 Å². The first kappa shape index (κ1) is 21.9. The van der Waals surface area contributed by atoms with Crippen LogP contribution in [0.4, 0.5) is 13.2 Å². The van der Waals surface area contributed by atoms with Crippen LogP contribution in [0.15, 0.2) is 48.0 Å². The van der Waals surface area contributed by atoms with E-state index in [1.807, 2.05) is 17.5 Å². The molecule has 0 aliphatic carbocycles. The van der Waals surface area contributed by atoms with E-state index in [1.54, 1.807) is 17.5 Å². The largest absolute Gasteiger partial charge is 0.416 e. The summed E-state index contributed by atoms with van der Waals surface area (Å²) in [5.74, 6) is -0.245. The molecule has 1 saturated heterocycles. The number of alkyl halides is 3. The maximum absolute atomic E-state index is 12.9. The van der Waals surface area contributed by atoms with Gasteiger partial charge in [0.25, 0.3) is 5.91 Å². The number of amides is 1.